The molecule has 24 heavy (non-hydrogen) atoms. The number of aliphatic hydroxyl groups excluding tert-OH is 1. The number of rotatable bonds is 4. The minimum Gasteiger partial charge on any atom is -0.387 e. The standard InChI is InChI=1S/C19H21F2NO2/c1-13-10-15(4-7-17(13)21)19-12-22(8-9-24-19)11-18(23)14-2-5-16(20)6-3-14/h2-7,10,18-19,23H,8-9,11-12H2,1H3. The van der Waals surface area contributed by atoms with Gasteiger partial charge in [0.1, 0.15) is 11.6 Å². The average molecular weight is 333 g/mol. The number of morpholine rings is 1. The largest absolute Gasteiger partial charge is 0.387 e. The van der Waals surface area contributed by atoms with Crippen molar-refractivity contribution in [2.24, 2.45) is 0 Å². The Balaban J connectivity index is 1.64. The minimum absolute atomic E-state index is 0.140. The molecule has 0 aliphatic carbocycles. The summed E-state index contributed by atoms with van der Waals surface area (Å²) in [6.45, 7) is 4.08. The fourth-order valence-electron chi connectivity index (χ4n) is 2.97. The molecule has 1 fully saturated rings. The first-order valence-electron chi connectivity index (χ1n) is 8.06. The second-order valence-corrected chi connectivity index (χ2v) is 6.19. The van der Waals surface area contributed by atoms with Crippen LogP contribution in [-0.4, -0.2) is 36.2 Å². The molecule has 2 unspecified atom stereocenters. The van der Waals surface area contributed by atoms with E-state index in [2.05, 4.69) is 4.90 Å². The lowest BCUT2D eigenvalue weighted by Gasteiger charge is -2.34. The third-order valence-electron chi connectivity index (χ3n) is 4.39. The van der Waals surface area contributed by atoms with Crippen LogP contribution in [0, 0.1) is 18.6 Å². The van der Waals surface area contributed by atoms with Crippen molar-refractivity contribution in [3.05, 3.63) is 70.8 Å². The highest BCUT2D eigenvalue weighted by molar-refractivity contribution is 5.26. The summed E-state index contributed by atoms with van der Waals surface area (Å²) in [5, 5.41) is 10.3. The third kappa shape index (κ3) is 3.98. The number of aryl methyl sites for hydroxylation is 1. The Morgan fingerprint density at radius 1 is 1.21 bits per heavy atom. The van der Waals surface area contributed by atoms with Crippen molar-refractivity contribution in [2.45, 2.75) is 19.1 Å². The molecule has 0 aromatic heterocycles. The number of aliphatic hydroxyl groups is 1. The van der Waals surface area contributed by atoms with E-state index in [0.29, 0.717) is 30.8 Å². The summed E-state index contributed by atoms with van der Waals surface area (Å²) in [5.74, 6) is -0.540. The normalized spacial score (nSPS) is 20.1. The van der Waals surface area contributed by atoms with E-state index in [9.17, 15) is 13.9 Å². The molecule has 0 bridgehead atoms. The highest BCUT2D eigenvalue weighted by atomic mass is 19.1. The molecule has 3 rings (SSSR count). The molecule has 128 valence electrons. The number of hydrogen-bond acceptors (Lipinski definition) is 3. The molecule has 2 aromatic rings. The summed E-state index contributed by atoms with van der Waals surface area (Å²) in [6, 6.07) is 10.9. The molecule has 1 heterocycles. The van der Waals surface area contributed by atoms with Gasteiger partial charge >= 0.3 is 0 Å². The van der Waals surface area contributed by atoms with Gasteiger partial charge in [-0.2, -0.15) is 0 Å². The van der Waals surface area contributed by atoms with Gasteiger partial charge in [-0.1, -0.05) is 24.3 Å². The number of nitrogens with zero attached hydrogens (tertiary/aromatic N) is 1. The van der Waals surface area contributed by atoms with Crippen molar-refractivity contribution in [3.63, 3.8) is 0 Å². The van der Waals surface area contributed by atoms with Crippen molar-refractivity contribution in [1.82, 2.24) is 4.90 Å². The lowest BCUT2D eigenvalue weighted by Crippen LogP contribution is -2.40. The number of benzene rings is 2. The molecule has 2 atom stereocenters. The maximum Gasteiger partial charge on any atom is 0.126 e. The van der Waals surface area contributed by atoms with Gasteiger partial charge in [-0.15, -0.1) is 0 Å². The smallest absolute Gasteiger partial charge is 0.126 e. The van der Waals surface area contributed by atoms with Gasteiger partial charge in [0.15, 0.2) is 0 Å². The zero-order chi connectivity index (χ0) is 17.1. The second kappa shape index (κ2) is 7.38. The van der Waals surface area contributed by atoms with E-state index in [1.165, 1.54) is 18.2 Å². The van der Waals surface area contributed by atoms with Crippen LogP contribution >= 0.6 is 0 Å². The Kier molecular flexibility index (Phi) is 5.23. The van der Waals surface area contributed by atoms with E-state index in [0.717, 1.165) is 12.1 Å². The molecule has 5 heteroatoms. The lowest BCUT2D eigenvalue weighted by molar-refractivity contribution is -0.0424. The molecule has 0 amide bonds. The van der Waals surface area contributed by atoms with Gasteiger partial charge < -0.3 is 9.84 Å². The Bertz CT molecular complexity index is 690. The van der Waals surface area contributed by atoms with Crippen LogP contribution in [0.15, 0.2) is 42.5 Å². The van der Waals surface area contributed by atoms with Gasteiger partial charge in [0.2, 0.25) is 0 Å². The first-order valence-corrected chi connectivity index (χ1v) is 8.06. The Morgan fingerprint density at radius 3 is 2.67 bits per heavy atom. The van der Waals surface area contributed by atoms with Crippen molar-refractivity contribution in [3.8, 4) is 0 Å². The zero-order valence-electron chi connectivity index (χ0n) is 13.6. The van der Waals surface area contributed by atoms with E-state index in [1.54, 1.807) is 31.2 Å². The van der Waals surface area contributed by atoms with Crippen LogP contribution in [0.3, 0.4) is 0 Å². The second-order valence-electron chi connectivity index (χ2n) is 6.19. The lowest BCUT2D eigenvalue weighted by atomic mass is 10.0. The van der Waals surface area contributed by atoms with Crippen LogP contribution in [0.5, 0.6) is 0 Å². The quantitative estimate of drug-likeness (QED) is 0.931. The van der Waals surface area contributed by atoms with E-state index in [4.69, 9.17) is 4.74 Å². The highest BCUT2D eigenvalue weighted by Crippen LogP contribution is 2.25. The van der Waals surface area contributed by atoms with Crippen molar-refractivity contribution < 1.29 is 18.6 Å². The SMILES string of the molecule is Cc1cc(C2CN(CC(O)c3ccc(F)cc3)CCO2)ccc1F. The van der Waals surface area contributed by atoms with Gasteiger partial charge in [-0.05, 0) is 41.8 Å². The minimum atomic E-state index is -0.681. The van der Waals surface area contributed by atoms with Crippen molar-refractivity contribution >= 4 is 0 Å². The van der Waals surface area contributed by atoms with Crippen molar-refractivity contribution in [2.75, 3.05) is 26.2 Å². The summed E-state index contributed by atoms with van der Waals surface area (Å²) in [6.07, 6.45) is -0.822. The van der Waals surface area contributed by atoms with Gasteiger partial charge in [0.05, 0.1) is 18.8 Å². The Labute approximate surface area is 140 Å². The molecular weight excluding hydrogens is 312 g/mol. The zero-order valence-corrected chi connectivity index (χ0v) is 13.6. The van der Waals surface area contributed by atoms with Crippen LogP contribution in [-0.2, 0) is 4.74 Å². The molecule has 1 aliphatic rings. The molecule has 1 saturated heterocycles. The summed E-state index contributed by atoms with van der Waals surface area (Å²) < 4.78 is 32.2. The Morgan fingerprint density at radius 2 is 1.96 bits per heavy atom. The predicted molar refractivity (Wildman–Crippen MR) is 87.6 cm³/mol. The maximum atomic E-state index is 13.4. The fourth-order valence-corrected chi connectivity index (χ4v) is 2.97. The molecule has 2 aromatic carbocycles. The monoisotopic (exact) mass is 333 g/mol. The van der Waals surface area contributed by atoms with Gasteiger partial charge in [0, 0.05) is 19.6 Å². The molecule has 0 radical (unpaired) electrons. The maximum absolute atomic E-state index is 13.4. The third-order valence-corrected chi connectivity index (χ3v) is 4.39. The highest BCUT2D eigenvalue weighted by Gasteiger charge is 2.24. The topological polar surface area (TPSA) is 32.7 Å². The summed E-state index contributed by atoms with van der Waals surface area (Å²) >= 11 is 0. The van der Waals surface area contributed by atoms with E-state index < -0.39 is 6.10 Å². The van der Waals surface area contributed by atoms with E-state index in [-0.39, 0.29) is 17.7 Å². The summed E-state index contributed by atoms with van der Waals surface area (Å²) in [4.78, 5) is 2.11. The first kappa shape index (κ1) is 17.0. The number of halogens is 2. The number of hydrogen-bond donors (Lipinski definition) is 1. The van der Waals surface area contributed by atoms with E-state index >= 15 is 0 Å². The average Bonchev–Trinajstić information content (AvgIpc) is 2.58. The van der Waals surface area contributed by atoms with Crippen LogP contribution in [0.25, 0.3) is 0 Å². The molecule has 0 spiro atoms. The van der Waals surface area contributed by atoms with Gasteiger partial charge in [0.25, 0.3) is 0 Å². The molecule has 1 N–H and O–H groups in total. The summed E-state index contributed by atoms with van der Waals surface area (Å²) in [5.41, 5.74) is 2.23. The summed E-state index contributed by atoms with van der Waals surface area (Å²) in [7, 11) is 0. The first-order chi connectivity index (χ1) is 11.5. The molecule has 3 nitrogen and oxygen atoms in total. The van der Waals surface area contributed by atoms with Crippen molar-refractivity contribution in [1.29, 1.82) is 0 Å². The number of β-amino-alcohol motifs (C(OH)–C–C–N with tert-alkyl or cyclic N) is 1. The van der Waals surface area contributed by atoms with Crippen LogP contribution in [0.4, 0.5) is 8.78 Å². The fraction of sp³-hybridized carbons (Fsp3) is 0.368. The van der Waals surface area contributed by atoms with E-state index in [1.807, 2.05) is 0 Å². The molecule has 1 aliphatic heterocycles. The predicted octanol–water partition coefficient (Wildman–Crippen LogP) is 3.38. The van der Waals surface area contributed by atoms with Gasteiger partial charge in [-0.3, -0.25) is 4.90 Å². The Hall–Kier alpha value is -1.82. The molecular formula is C19H21F2NO2. The van der Waals surface area contributed by atoms with Crippen LogP contribution in [0.2, 0.25) is 0 Å². The molecule has 0 saturated carbocycles. The van der Waals surface area contributed by atoms with Gasteiger partial charge in [-0.25, -0.2) is 8.78 Å². The van der Waals surface area contributed by atoms with Crippen LogP contribution in [0.1, 0.15) is 28.9 Å². The van der Waals surface area contributed by atoms with Crippen LogP contribution < -0.4 is 0 Å². The number of ether oxygens (including phenoxy) is 1.